The van der Waals surface area contributed by atoms with Gasteiger partial charge in [0.2, 0.25) is 0 Å². The van der Waals surface area contributed by atoms with Crippen LogP contribution in [-0.4, -0.2) is 38.5 Å². The summed E-state index contributed by atoms with van der Waals surface area (Å²) in [5, 5.41) is 0. The molecular formula is C16H22N4O. The molecule has 1 atom stereocenters. The minimum atomic E-state index is 0.0968. The van der Waals surface area contributed by atoms with Crippen molar-refractivity contribution in [3.05, 3.63) is 41.7 Å². The predicted molar refractivity (Wildman–Crippen MR) is 81.1 cm³/mol. The topological polar surface area (TPSA) is 43.1 Å². The fourth-order valence-electron chi connectivity index (χ4n) is 3.06. The monoisotopic (exact) mass is 286 g/mol. The van der Waals surface area contributed by atoms with Crippen molar-refractivity contribution in [1.29, 1.82) is 0 Å². The number of aromatic nitrogens is 3. The lowest BCUT2D eigenvalue weighted by Crippen LogP contribution is -2.35. The van der Waals surface area contributed by atoms with E-state index in [2.05, 4.69) is 9.55 Å². The summed E-state index contributed by atoms with van der Waals surface area (Å²) in [7, 11) is 3.83. The highest BCUT2D eigenvalue weighted by Crippen LogP contribution is 2.20. The number of rotatable bonds is 3. The number of aryl methyl sites for hydroxylation is 2. The summed E-state index contributed by atoms with van der Waals surface area (Å²) in [5.74, 6) is 1.73. The number of imidazole rings is 1. The first-order valence-electron chi connectivity index (χ1n) is 7.44. The quantitative estimate of drug-likeness (QED) is 0.864. The summed E-state index contributed by atoms with van der Waals surface area (Å²) in [6, 6.07) is 3.89. The van der Waals surface area contributed by atoms with Crippen LogP contribution in [0.5, 0.6) is 0 Å². The van der Waals surface area contributed by atoms with Crippen LogP contribution in [0.15, 0.2) is 24.5 Å². The number of hydrogen-bond donors (Lipinski definition) is 0. The van der Waals surface area contributed by atoms with Gasteiger partial charge in [-0.15, -0.1) is 0 Å². The summed E-state index contributed by atoms with van der Waals surface area (Å²) in [4.78, 5) is 18.8. The van der Waals surface area contributed by atoms with Crippen molar-refractivity contribution < 1.29 is 4.79 Å². The molecule has 1 aliphatic rings. The molecule has 0 fully saturated rings. The first kappa shape index (κ1) is 13.9. The molecule has 0 bridgehead atoms. The van der Waals surface area contributed by atoms with Crippen molar-refractivity contribution in [1.82, 2.24) is 19.0 Å². The molecule has 0 saturated heterocycles. The van der Waals surface area contributed by atoms with Crippen LogP contribution in [0.4, 0.5) is 0 Å². The van der Waals surface area contributed by atoms with Crippen molar-refractivity contribution in [3.63, 3.8) is 0 Å². The maximum absolute atomic E-state index is 12.5. The Hall–Kier alpha value is -2.04. The Bertz CT molecular complexity index is 655. The molecule has 0 saturated carbocycles. The Morgan fingerprint density at radius 2 is 2.29 bits per heavy atom. The van der Waals surface area contributed by atoms with E-state index >= 15 is 0 Å². The predicted octanol–water partition coefficient (Wildman–Crippen LogP) is 1.86. The van der Waals surface area contributed by atoms with E-state index in [1.54, 1.807) is 0 Å². The zero-order valence-electron chi connectivity index (χ0n) is 12.9. The number of carbonyl (C=O) groups excluding carboxylic acids is 1. The highest BCUT2D eigenvalue weighted by Gasteiger charge is 2.23. The summed E-state index contributed by atoms with van der Waals surface area (Å²) < 4.78 is 4.16. The van der Waals surface area contributed by atoms with Crippen LogP contribution in [0.3, 0.4) is 0 Å². The molecule has 1 amide bonds. The fourth-order valence-corrected chi connectivity index (χ4v) is 3.06. The van der Waals surface area contributed by atoms with E-state index < -0.39 is 0 Å². The van der Waals surface area contributed by atoms with Gasteiger partial charge in [-0.05, 0) is 31.4 Å². The average Bonchev–Trinajstić information content (AvgIpc) is 3.05. The second-order valence-corrected chi connectivity index (χ2v) is 6.00. The van der Waals surface area contributed by atoms with E-state index in [-0.39, 0.29) is 5.91 Å². The Balaban J connectivity index is 1.66. The van der Waals surface area contributed by atoms with Crippen molar-refractivity contribution >= 4 is 5.91 Å². The Labute approximate surface area is 125 Å². The smallest absolute Gasteiger partial charge is 0.270 e. The van der Waals surface area contributed by atoms with E-state index in [9.17, 15) is 4.79 Å². The molecular weight excluding hydrogens is 264 g/mol. The molecule has 3 rings (SSSR count). The van der Waals surface area contributed by atoms with Crippen molar-refractivity contribution in [2.24, 2.45) is 13.0 Å². The number of fused-ring (bicyclic) bond motifs is 1. The summed E-state index contributed by atoms with van der Waals surface area (Å²) in [6.45, 7) is 3.80. The normalized spacial score (nSPS) is 17.6. The molecule has 0 unspecified atom stereocenters. The van der Waals surface area contributed by atoms with E-state index in [0.717, 1.165) is 43.1 Å². The molecule has 5 heteroatoms. The SMILES string of the molecule is Cc1ccc(C(=O)N(C)C[C@H]2CCn3ccnc3C2)n1C. The van der Waals surface area contributed by atoms with Crippen LogP contribution < -0.4 is 0 Å². The second kappa shape index (κ2) is 5.39. The van der Waals surface area contributed by atoms with Crippen LogP contribution in [0.1, 0.15) is 28.4 Å². The lowest BCUT2D eigenvalue weighted by Gasteiger charge is -2.28. The van der Waals surface area contributed by atoms with Gasteiger partial charge in [0.25, 0.3) is 5.91 Å². The maximum Gasteiger partial charge on any atom is 0.270 e. The van der Waals surface area contributed by atoms with Crippen LogP contribution in [0, 0.1) is 12.8 Å². The molecule has 21 heavy (non-hydrogen) atoms. The number of nitrogens with zero attached hydrogens (tertiary/aromatic N) is 4. The first-order valence-corrected chi connectivity index (χ1v) is 7.44. The van der Waals surface area contributed by atoms with Crippen LogP contribution in [0.25, 0.3) is 0 Å². The summed E-state index contributed by atoms with van der Waals surface area (Å²) in [6.07, 6.45) is 5.95. The van der Waals surface area contributed by atoms with Gasteiger partial charge in [-0.2, -0.15) is 0 Å². The van der Waals surface area contributed by atoms with Gasteiger partial charge in [0.1, 0.15) is 11.5 Å². The van der Waals surface area contributed by atoms with Gasteiger partial charge in [0, 0.05) is 51.7 Å². The molecule has 0 N–H and O–H groups in total. The van der Waals surface area contributed by atoms with Crippen LogP contribution in [-0.2, 0) is 20.0 Å². The Kier molecular flexibility index (Phi) is 3.57. The van der Waals surface area contributed by atoms with E-state index in [1.165, 1.54) is 0 Å². The van der Waals surface area contributed by atoms with Gasteiger partial charge in [-0.1, -0.05) is 0 Å². The fraction of sp³-hybridized carbons (Fsp3) is 0.500. The molecule has 0 radical (unpaired) electrons. The maximum atomic E-state index is 12.5. The zero-order valence-corrected chi connectivity index (χ0v) is 12.9. The molecule has 0 aliphatic carbocycles. The van der Waals surface area contributed by atoms with Crippen molar-refractivity contribution in [2.45, 2.75) is 26.3 Å². The molecule has 3 heterocycles. The first-order chi connectivity index (χ1) is 10.1. The third-order valence-electron chi connectivity index (χ3n) is 4.52. The molecule has 2 aromatic rings. The average molecular weight is 286 g/mol. The lowest BCUT2D eigenvalue weighted by atomic mass is 9.97. The van der Waals surface area contributed by atoms with E-state index in [4.69, 9.17) is 0 Å². The minimum Gasteiger partial charge on any atom is -0.344 e. The minimum absolute atomic E-state index is 0.0968. The number of amides is 1. The molecule has 112 valence electrons. The van der Waals surface area contributed by atoms with Gasteiger partial charge < -0.3 is 14.0 Å². The summed E-state index contributed by atoms with van der Waals surface area (Å²) >= 11 is 0. The number of carbonyl (C=O) groups is 1. The summed E-state index contributed by atoms with van der Waals surface area (Å²) in [5.41, 5.74) is 1.86. The Morgan fingerprint density at radius 1 is 1.48 bits per heavy atom. The molecule has 2 aromatic heterocycles. The largest absolute Gasteiger partial charge is 0.344 e. The molecule has 0 aromatic carbocycles. The molecule has 5 nitrogen and oxygen atoms in total. The lowest BCUT2D eigenvalue weighted by molar-refractivity contribution is 0.0754. The van der Waals surface area contributed by atoms with E-state index in [1.807, 2.05) is 55.0 Å². The van der Waals surface area contributed by atoms with E-state index in [0.29, 0.717) is 5.92 Å². The number of hydrogen-bond acceptors (Lipinski definition) is 2. The van der Waals surface area contributed by atoms with Crippen molar-refractivity contribution in [3.8, 4) is 0 Å². The zero-order chi connectivity index (χ0) is 15.0. The highest BCUT2D eigenvalue weighted by molar-refractivity contribution is 5.92. The highest BCUT2D eigenvalue weighted by atomic mass is 16.2. The van der Waals surface area contributed by atoms with Crippen LogP contribution in [0.2, 0.25) is 0 Å². The molecule has 0 spiro atoms. The third-order valence-corrected chi connectivity index (χ3v) is 4.52. The van der Waals surface area contributed by atoms with Crippen molar-refractivity contribution in [2.75, 3.05) is 13.6 Å². The Morgan fingerprint density at radius 3 is 3.00 bits per heavy atom. The molecule has 1 aliphatic heterocycles. The van der Waals surface area contributed by atoms with Gasteiger partial charge in [-0.3, -0.25) is 4.79 Å². The third kappa shape index (κ3) is 2.60. The van der Waals surface area contributed by atoms with Gasteiger partial charge in [-0.25, -0.2) is 4.98 Å². The van der Waals surface area contributed by atoms with Gasteiger partial charge in [0.05, 0.1) is 0 Å². The van der Waals surface area contributed by atoms with Gasteiger partial charge in [0.15, 0.2) is 0 Å². The standard InChI is InChI=1S/C16H22N4O/c1-12-4-5-14(19(12)3)16(21)18(2)11-13-6-8-20-9-7-17-15(20)10-13/h4-5,7,9,13H,6,8,10-11H2,1-3H3/t13-/m0/s1. The van der Waals surface area contributed by atoms with Crippen LogP contribution >= 0.6 is 0 Å². The van der Waals surface area contributed by atoms with Gasteiger partial charge >= 0.3 is 0 Å². The second-order valence-electron chi connectivity index (χ2n) is 6.00.